The number of hydrogen-bond acceptors (Lipinski definition) is 4. The van der Waals surface area contributed by atoms with Crippen molar-refractivity contribution in [1.82, 2.24) is 4.98 Å². The molecular formula is C11H14N2O2. The second kappa shape index (κ2) is 4.00. The third-order valence-corrected chi connectivity index (χ3v) is 2.29. The average Bonchev–Trinajstić information content (AvgIpc) is 2.57. The van der Waals surface area contributed by atoms with Crippen LogP contribution in [-0.2, 0) is 6.42 Å². The summed E-state index contributed by atoms with van der Waals surface area (Å²) < 4.78 is 5.41. The Hall–Kier alpha value is -1.39. The Labute approximate surface area is 87.7 Å². The Morgan fingerprint density at radius 3 is 3.07 bits per heavy atom. The van der Waals surface area contributed by atoms with Crippen LogP contribution in [0.15, 0.2) is 22.6 Å². The first-order chi connectivity index (χ1) is 7.19. The summed E-state index contributed by atoms with van der Waals surface area (Å²) in [4.78, 5) is 4.21. The number of fused-ring (bicyclic) bond motifs is 1. The lowest BCUT2D eigenvalue weighted by atomic mass is 10.1. The van der Waals surface area contributed by atoms with Crippen molar-refractivity contribution < 1.29 is 9.52 Å². The molecule has 2 aromatic rings. The molecule has 15 heavy (non-hydrogen) atoms. The number of aromatic nitrogens is 1. The molecule has 80 valence electrons. The van der Waals surface area contributed by atoms with Gasteiger partial charge in [0.25, 0.3) is 0 Å². The van der Waals surface area contributed by atoms with Crippen molar-refractivity contribution in [3.8, 4) is 0 Å². The number of oxazole rings is 1. The molecule has 0 bridgehead atoms. The number of aliphatic hydroxyl groups excluding tert-OH is 1. The predicted molar refractivity (Wildman–Crippen MR) is 57.5 cm³/mol. The summed E-state index contributed by atoms with van der Waals surface area (Å²) in [5, 5.41) is 8.85. The molecule has 0 amide bonds. The van der Waals surface area contributed by atoms with Gasteiger partial charge in [-0.1, -0.05) is 6.07 Å². The van der Waals surface area contributed by atoms with Crippen LogP contribution >= 0.6 is 0 Å². The van der Waals surface area contributed by atoms with Crippen LogP contribution in [0.1, 0.15) is 11.5 Å². The van der Waals surface area contributed by atoms with E-state index >= 15 is 0 Å². The van der Waals surface area contributed by atoms with Crippen LogP contribution in [0.4, 0.5) is 0 Å². The van der Waals surface area contributed by atoms with Gasteiger partial charge in [-0.05, 0) is 24.1 Å². The van der Waals surface area contributed by atoms with E-state index in [1.165, 1.54) is 0 Å². The average molecular weight is 206 g/mol. The van der Waals surface area contributed by atoms with Gasteiger partial charge in [0.05, 0.1) is 6.61 Å². The van der Waals surface area contributed by atoms with Crippen molar-refractivity contribution in [3.05, 3.63) is 29.7 Å². The van der Waals surface area contributed by atoms with Crippen LogP contribution in [0.5, 0.6) is 0 Å². The second-order valence-corrected chi connectivity index (χ2v) is 3.68. The van der Waals surface area contributed by atoms with Gasteiger partial charge in [0.2, 0.25) is 0 Å². The minimum Gasteiger partial charge on any atom is -0.441 e. The molecule has 4 nitrogen and oxygen atoms in total. The number of nitrogens with two attached hydrogens (primary N) is 1. The van der Waals surface area contributed by atoms with Crippen molar-refractivity contribution in [1.29, 1.82) is 0 Å². The van der Waals surface area contributed by atoms with Crippen molar-refractivity contribution in [3.63, 3.8) is 0 Å². The van der Waals surface area contributed by atoms with Gasteiger partial charge >= 0.3 is 0 Å². The molecule has 3 N–H and O–H groups in total. The van der Waals surface area contributed by atoms with E-state index in [4.69, 9.17) is 15.3 Å². The molecule has 1 unspecified atom stereocenters. The summed E-state index contributed by atoms with van der Waals surface area (Å²) in [6.07, 6.45) is 0.645. The molecule has 4 heteroatoms. The van der Waals surface area contributed by atoms with Crippen LogP contribution in [0, 0.1) is 6.92 Å². The van der Waals surface area contributed by atoms with E-state index in [0.29, 0.717) is 12.3 Å². The summed E-state index contributed by atoms with van der Waals surface area (Å²) in [5.74, 6) is 0.661. The minimum atomic E-state index is -0.216. The van der Waals surface area contributed by atoms with Crippen molar-refractivity contribution in [2.24, 2.45) is 5.73 Å². The zero-order chi connectivity index (χ0) is 10.8. The Kier molecular flexibility index (Phi) is 2.70. The standard InChI is InChI=1S/C11H14N2O2/c1-7-13-10-3-2-8(4-9(12)6-14)5-11(10)15-7/h2-3,5,9,14H,4,6,12H2,1H3. The third-order valence-electron chi connectivity index (χ3n) is 2.29. The Morgan fingerprint density at radius 1 is 1.53 bits per heavy atom. The lowest BCUT2D eigenvalue weighted by Crippen LogP contribution is -2.26. The number of rotatable bonds is 3. The normalized spacial score (nSPS) is 13.3. The molecule has 0 aliphatic heterocycles. The fourth-order valence-electron chi connectivity index (χ4n) is 1.58. The van der Waals surface area contributed by atoms with Crippen LogP contribution in [0.25, 0.3) is 11.1 Å². The summed E-state index contributed by atoms with van der Waals surface area (Å²) in [6, 6.07) is 5.57. The molecule has 0 saturated carbocycles. The first-order valence-electron chi connectivity index (χ1n) is 4.91. The van der Waals surface area contributed by atoms with Gasteiger partial charge in [0, 0.05) is 13.0 Å². The summed E-state index contributed by atoms with van der Waals surface area (Å²) in [6.45, 7) is 1.81. The van der Waals surface area contributed by atoms with Crippen molar-refractivity contribution >= 4 is 11.1 Å². The van der Waals surface area contributed by atoms with E-state index in [0.717, 1.165) is 16.7 Å². The molecule has 0 fully saturated rings. The number of hydrogen-bond donors (Lipinski definition) is 2. The molecule has 0 aliphatic rings. The monoisotopic (exact) mass is 206 g/mol. The Morgan fingerprint density at radius 2 is 2.33 bits per heavy atom. The molecule has 0 saturated heterocycles. The molecule has 0 aliphatic carbocycles. The third kappa shape index (κ3) is 2.16. The second-order valence-electron chi connectivity index (χ2n) is 3.68. The van der Waals surface area contributed by atoms with Gasteiger partial charge in [-0.3, -0.25) is 0 Å². The maximum absolute atomic E-state index is 8.85. The first-order valence-corrected chi connectivity index (χ1v) is 4.91. The number of benzene rings is 1. The maximum atomic E-state index is 8.85. The van der Waals surface area contributed by atoms with Crippen LogP contribution in [0.2, 0.25) is 0 Å². The molecule has 1 aromatic heterocycles. The van der Waals surface area contributed by atoms with E-state index in [2.05, 4.69) is 4.98 Å². The highest BCUT2D eigenvalue weighted by atomic mass is 16.3. The molecule has 2 rings (SSSR count). The van der Waals surface area contributed by atoms with Gasteiger partial charge in [0.15, 0.2) is 11.5 Å². The van der Waals surface area contributed by atoms with Gasteiger partial charge < -0.3 is 15.3 Å². The smallest absolute Gasteiger partial charge is 0.192 e. The summed E-state index contributed by atoms with van der Waals surface area (Å²) in [7, 11) is 0. The zero-order valence-electron chi connectivity index (χ0n) is 8.60. The van der Waals surface area contributed by atoms with Gasteiger partial charge in [-0.15, -0.1) is 0 Å². The van der Waals surface area contributed by atoms with Crippen LogP contribution in [0.3, 0.4) is 0 Å². The lowest BCUT2D eigenvalue weighted by Gasteiger charge is -2.06. The molecule has 0 radical (unpaired) electrons. The van der Waals surface area contributed by atoms with E-state index in [1.54, 1.807) is 0 Å². The predicted octanol–water partition coefficient (Wildman–Crippen LogP) is 0.998. The van der Waals surface area contributed by atoms with Gasteiger partial charge in [0.1, 0.15) is 5.52 Å². The van der Waals surface area contributed by atoms with E-state index in [-0.39, 0.29) is 12.6 Å². The fourth-order valence-corrected chi connectivity index (χ4v) is 1.58. The largest absolute Gasteiger partial charge is 0.441 e. The van der Waals surface area contributed by atoms with E-state index in [9.17, 15) is 0 Å². The minimum absolute atomic E-state index is 0.00648. The molecule has 1 heterocycles. The van der Waals surface area contributed by atoms with Crippen molar-refractivity contribution in [2.75, 3.05) is 6.61 Å². The Balaban J connectivity index is 2.30. The van der Waals surface area contributed by atoms with E-state index in [1.807, 2.05) is 25.1 Å². The zero-order valence-corrected chi connectivity index (χ0v) is 8.60. The van der Waals surface area contributed by atoms with Crippen LogP contribution in [-0.4, -0.2) is 22.7 Å². The highest BCUT2D eigenvalue weighted by Gasteiger charge is 2.06. The number of aliphatic hydroxyl groups is 1. The first kappa shape index (κ1) is 10.1. The Bertz CT molecular complexity index is 465. The van der Waals surface area contributed by atoms with Crippen LogP contribution < -0.4 is 5.73 Å². The topological polar surface area (TPSA) is 72.3 Å². The molecule has 1 aromatic carbocycles. The summed E-state index contributed by atoms with van der Waals surface area (Å²) >= 11 is 0. The summed E-state index contributed by atoms with van der Waals surface area (Å²) in [5.41, 5.74) is 8.34. The lowest BCUT2D eigenvalue weighted by molar-refractivity contribution is 0.265. The highest BCUT2D eigenvalue weighted by Crippen LogP contribution is 2.17. The highest BCUT2D eigenvalue weighted by molar-refractivity contribution is 5.73. The number of aryl methyl sites for hydroxylation is 1. The molecule has 1 atom stereocenters. The van der Waals surface area contributed by atoms with Gasteiger partial charge in [-0.2, -0.15) is 0 Å². The van der Waals surface area contributed by atoms with Gasteiger partial charge in [-0.25, -0.2) is 4.98 Å². The fraction of sp³-hybridized carbons (Fsp3) is 0.364. The molecular weight excluding hydrogens is 192 g/mol. The van der Waals surface area contributed by atoms with Crippen molar-refractivity contribution in [2.45, 2.75) is 19.4 Å². The quantitative estimate of drug-likeness (QED) is 0.785. The molecule has 0 spiro atoms. The maximum Gasteiger partial charge on any atom is 0.192 e. The SMILES string of the molecule is Cc1nc2ccc(CC(N)CO)cc2o1. The van der Waals surface area contributed by atoms with E-state index < -0.39 is 0 Å². The number of nitrogens with zero attached hydrogens (tertiary/aromatic N) is 1.